The topological polar surface area (TPSA) is 40.2 Å². The quantitative estimate of drug-likeness (QED) is 0.168. The van der Waals surface area contributed by atoms with Crippen molar-refractivity contribution < 1.29 is 0 Å². The largest absolute Gasteiger partial charge is 0.383 e. The van der Waals surface area contributed by atoms with Gasteiger partial charge in [-0.1, -0.05) is 83.5 Å². The summed E-state index contributed by atoms with van der Waals surface area (Å²) in [5.74, 6) is 0. The lowest BCUT2D eigenvalue weighted by molar-refractivity contribution is 0.227. The monoisotopic (exact) mass is 534 g/mol. The summed E-state index contributed by atoms with van der Waals surface area (Å²) in [6.45, 7) is 24.8. The smallest absolute Gasteiger partial charge is 0.0801 e. The molecule has 208 valence electrons. The van der Waals surface area contributed by atoms with Crippen LogP contribution in [0.3, 0.4) is 0 Å². The number of thiazole rings is 1. The zero-order valence-electron chi connectivity index (χ0n) is 24.3. The minimum absolute atomic E-state index is 0.0983. The van der Waals surface area contributed by atoms with Crippen LogP contribution in [0, 0.1) is 12.3 Å². The van der Waals surface area contributed by atoms with Gasteiger partial charge < -0.3 is 15.5 Å². The van der Waals surface area contributed by atoms with Crippen LogP contribution in [0.15, 0.2) is 67.0 Å². The van der Waals surface area contributed by atoms with Gasteiger partial charge in [0.25, 0.3) is 0 Å². The molecule has 2 heterocycles. The van der Waals surface area contributed by atoms with Gasteiger partial charge in [-0.05, 0) is 62.1 Å². The second-order valence-corrected chi connectivity index (χ2v) is 12.6. The Hall–Kier alpha value is -2.37. The standard InChI is InChI=1S/C33H50N4S/c1-8-9-10-11-12-13-14-21-34-32(33(5,6)7)27(4)37-22-15-16-30(37)25(2)35-23-28-17-19-29(20-18-28)31-26(3)36-24-38-31/h8,17-20,24,30,32,34-35H,1-2,4,9-16,21-23H2,3,5-7H3. The highest BCUT2D eigenvalue weighted by atomic mass is 32.1. The lowest BCUT2D eigenvalue weighted by Gasteiger charge is -2.40. The van der Waals surface area contributed by atoms with Gasteiger partial charge in [0, 0.05) is 24.5 Å². The Labute approximate surface area is 236 Å². The molecule has 0 amide bonds. The maximum atomic E-state index is 4.63. The number of hydrogen-bond acceptors (Lipinski definition) is 5. The molecule has 2 aromatic rings. The number of benzene rings is 1. The van der Waals surface area contributed by atoms with Gasteiger partial charge in [-0.15, -0.1) is 17.9 Å². The van der Waals surface area contributed by atoms with Crippen LogP contribution in [0.2, 0.25) is 0 Å². The third-order valence-corrected chi connectivity index (χ3v) is 8.62. The van der Waals surface area contributed by atoms with Gasteiger partial charge in [0.2, 0.25) is 0 Å². The maximum Gasteiger partial charge on any atom is 0.0801 e. The van der Waals surface area contributed by atoms with E-state index >= 15 is 0 Å². The van der Waals surface area contributed by atoms with Crippen LogP contribution in [0.4, 0.5) is 0 Å². The summed E-state index contributed by atoms with van der Waals surface area (Å²) in [6, 6.07) is 9.35. The normalized spacial score (nSPS) is 16.4. The molecule has 1 saturated heterocycles. The molecule has 0 radical (unpaired) electrons. The minimum Gasteiger partial charge on any atom is -0.383 e. The number of aryl methyl sites for hydroxylation is 1. The zero-order chi connectivity index (χ0) is 27.5. The SMILES string of the molecule is C=CCCCCCCCNC(C(=C)N1CCCC1C(=C)NCc1ccc(-c2scnc2C)cc1)C(C)(C)C. The fourth-order valence-electron chi connectivity index (χ4n) is 5.44. The summed E-state index contributed by atoms with van der Waals surface area (Å²) in [7, 11) is 0. The van der Waals surface area contributed by atoms with Crippen molar-refractivity contribution in [3.63, 3.8) is 0 Å². The van der Waals surface area contributed by atoms with Gasteiger partial charge in [-0.25, -0.2) is 4.98 Å². The van der Waals surface area contributed by atoms with E-state index in [1.165, 1.54) is 60.2 Å². The van der Waals surface area contributed by atoms with E-state index in [2.05, 4.69) is 92.2 Å². The second kappa shape index (κ2) is 14.7. The average Bonchev–Trinajstić information content (AvgIpc) is 3.55. The van der Waals surface area contributed by atoms with E-state index in [-0.39, 0.29) is 17.5 Å². The third-order valence-electron chi connectivity index (χ3n) is 7.64. The highest BCUT2D eigenvalue weighted by Gasteiger charge is 2.35. The fraction of sp³-hybridized carbons (Fsp3) is 0.545. The Bertz CT molecular complexity index is 1030. The van der Waals surface area contributed by atoms with Crippen molar-refractivity contribution in [3.05, 3.63) is 78.2 Å². The molecule has 1 aliphatic rings. The van der Waals surface area contributed by atoms with Crippen LogP contribution in [-0.2, 0) is 6.54 Å². The van der Waals surface area contributed by atoms with Crippen LogP contribution < -0.4 is 10.6 Å². The molecule has 0 spiro atoms. The highest BCUT2D eigenvalue weighted by Crippen LogP contribution is 2.33. The van der Waals surface area contributed by atoms with E-state index in [0.717, 1.165) is 43.9 Å². The zero-order valence-corrected chi connectivity index (χ0v) is 25.1. The van der Waals surface area contributed by atoms with Gasteiger partial charge in [0.15, 0.2) is 0 Å². The summed E-state index contributed by atoms with van der Waals surface area (Å²) < 4.78 is 0. The number of nitrogens with zero attached hydrogens (tertiary/aromatic N) is 2. The number of aromatic nitrogens is 1. The molecule has 0 saturated carbocycles. The highest BCUT2D eigenvalue weighted by molar-refractivity contribution is 7.13. The molecule has 38 heavy (non-hydrogen) atoms. The molecule has 2 unspecified atom stereocenters. The van der Waals surface area contributed by atoms with Crippen LogP contribution in [-0.4, -0.2) is 35.1 Å². The van der Waals surface area contributed by atoms with Crippen LogP contribution in [0.25, 0.3) is 10.4 Å². The van der Waals surface area contributed by atoms with Crippen LogP contribution in [0.1, 0.15) is 83.4 Å². The van der Waals surface area contributed by atoms with Crippen molar-refractivity contribution in [1.29, 1.82) is 0 Å². The Morgan fingerprint density at radius 1 is 1.13 bits per heavy atom. The van der Waals surface area contributed by atoms with Crippen molar-refractivity contribution in [2.24, 2.45) is 5.41 Å². The number of hydrogen-bond donors (Lipinski definition) is 2. The Morgan fingerprint density at radius 3 is 2.50 bits per heavy atom. The summed E-state index contributed by atoms with van der Waals surface area (Å²) in [5.41, 5.74) is 7.91. The van der Waals surface area contributed by atoms with E-state index in [1.807, 2.05) is 11.6 Å². The molecular formula is C33H50N4S. The first-order valence-corrected chi connectivity index (χ1v) is 15.3. The van der Waals surface area contributed by atoms with Crippen molar-refractivity contribution in [3.8, 4) is 10.4 Å². The summed E-state index contributed by atoms with van der Waals surface area (Å²) >= 11 is 1.70. The number of unbranched alkanes of at least 4 members (excludes halogenated alkanes) is 5. The molecule has 1 aromatic carbocycles. The molecule has 1 aromatic heterocycles. The lowest BCUT2D eigenvalue weighted by Crippen LogP contribution is -2.48. The second-order valence-electron chi connectivity index (χ2n) is 11.8. The molecule has 2 N–H and O–H groups in total. The molecular weight excluding hydrogens is 484 g/mol. The van der Waals surface area contributed by atoms with E-state index in [1.54, 1.807) is 11.3 Å². The van der Waals surface area contributed by atoms with Crippen LogP contribution >= 0.6 is 11.3 Å². The van der Waals surface area contributed by atoms with E-state index in [9.17, 15) is 0 Å². The van der Waals surface area contributed by atoms with E-state index < -0.39 is 0 Å². The third kappa shape index (κ3) is 8.57. The molecule has 3 rings (SSSR count). The molecule has 1 aliphatic heterocycles. The average molecular weight is 535 g/mol. The molecule has 5 heteroatoms. The molecule has 2 atom stereocenters. The first-order valence-electron chi connectivity index (χ1n) is 14.4. The fourth-order valence-corrected chi connectivity index (χ4v) is 6.25. The molecule has 0 aliphatic carbocycles. The number of likely N-dealkylation sites (tertiary alicyclic amines) is 1. The van der Waals surface area contributed by atoms with Gasteiger partial charge in [0.05, 0.1) is 28.2 Å². The van der Waals surface area contributed by atoms with Crippen molar-refractivity contribution in [2.45, 2.75) is 97.7 Å². The summed E-state index contributed by atoms with van der Waals surface area (Å²) in [6.07, 6.45) is 11.8. The van der Waals surface area contributed by atoms with Crippen LogP contribution in [0.5, 0.6) is 0 Å². The number of allylic oxidation sites excluding steroid dienone is 1. The first-order chi connectivity index (χ1) is 18.2. The summed E-state index contributed by atoms with van der Waals surface area (Å²) in [4.78, 5) is 8.13. The van der Waals surface area contributed by atoms with E-state index in [0.29, 0.717) is 0 Å². The van der Waals surface area contributed by atoms with Crippen molar-refractivity contribution in [2.75, 3.05) is 13.1 Å². The number of nitrogens with one attached hydrogen (secondary N) is 2. The summed E-state index contributed by atoms with van der Waals surface area (Å²) in [5, 5.41) is 7.50. The lowest BCUT2D eigenvalue weighted by atomic mass is 9.84. The Morgan fingerprint density at radius 2 is 1.84 bits per heavy atom. The van der Waals surface area contributed by atoms with E-state index in [4.69, 9.17) is 0 Å². The van der Waals surface area contributed by atoms with Gasteiger partial charge in [-0.2, -0.15) is 0 Å². The van der Waals surface area contributed by atoms with Gasteiger partial charge in [0.1, 0.15) is 0 Å². The molecule has 4 nitrogen and oxygen atoms in total. The maximum absolute atomic E-state index is 4.63. The predicted molar refractivity (Wildman–Crippen MR) is 166 cm³/mol. The molecule has 0 bridgehead atoms. The Balaban J connectivity index is 1.51. The van der Waals surface area contributed by atoms with Gasteiger partial charge >= 0.3 is 0 Å². The van der Waals surface area contributed by atoms with Gasteiger partial charge in [-0.3, -0.25) is 0 Å². The Kier molecular flexibility index (Phi) is 11.7. The first kappa shape index (κ1) is 30.2. The minimum atomic E-state index is 0.0983. The predicted octanol–water partition coefficient (Wildman–Crippen LogP) is 8.23. The van der Waals surface area contributed by atoms with Crippen molar-refractivity contribution in [1.82, 2.24) is 20.5 Å². The molecule has 1 fully saturated rings. The number of rotatable bonds is 16. The van der Waals surface area contributed by atoms with Crippen molar-refractivity contribution >= 4 is 11.3 Å².